The van der Waals surface area contributed by atoms with Crippen LogP contribution in [0, 0.1) is 0 Å². The summed E-state index contributed by atoms with van der Waals surface area (Å²) in [5.41, 5.74) is 5.02. The Bertz CT molecular complexity index is 1600. The molecule has 33 heavy (non-hydrogen) atoms. The summed E-state index contributed by atoms with van der Waals surface area (Å²) >= 11 is 1.91. The highest BCUT2D eigenvalue weighted by Crippen LogP contribution is 2.43. The zero-order valence-electron chi connectivity index (χ0n) is 17.8. The molecule has 0 spiro atoms. The summed E-state index contributed by atoms with van der Waals surface area (Å²) in [6.45, 7) is 1.82. The van der Waals surface area contributed by atoms with Crippen LogP contribution in [0.3, 0.4) is 0 Å². The van der Waals surface area contributed by atoms with Crippen LogP contribution in [0.25, 0.3) is 20.9 Å². The van der Waals surface area contributed by atoms with Crippen molar-refractivity contribution in [2.24, 2.45) is 0 Å². The maximum absolute atomic E-state index is 12.7. The van der Waals surface area contributed by atoms with Crippen LogP contribution in [0.4, 0.5) is 0 Å². The summed E-state index contributed by atoms with van der Waals surface area (Å²) in [5.74, 6) is -0.320. The molecule has 0 amide bonds. The van der Waals surface area contributed by atoms with E-state index < -0.39 is 0 Å². The van der Waals surface area contributed by atoms with E-state index >= 15 is 0 Å². The van der Waals surface area contributed by atoms with Gasteiger partial charge in [0.05, 0.1) is 12.1 Å². The number of hydrogen-bond donors (Lipinski definition) is 0. The van der Waals surface area contributed by atoms with Crippen LogP contribution in [-0.4, -0.2) is 16.5 Å². The molecule has 4 heteroatoms. The number of carbonyl (C=O) groups is 2. The van der Waals surface area contributed by atoms with Crippen LogP contribution in [0.2, 0.25) is 0 Å². The topological polar surface area (TPSA) is 37.4 Å². The Morgan fingerprint density at radius 3 is 2.36 bits per heavy atom. The molecule has 0 bridgehead atoms. The molecule has 3 aliphatic rings. The number of hydrogen-bond acceptors (Lipinski definition) is 4. The molecule has 0 saturated heterocycles. The highest BCUT2D eigenvalue weighted by atomic mass is 32.1. The van der Waals surface area contributed by atoms with Crippen molar-refractivity contribution in [2.75, 3.05) is 0 Å². The van der Waals surface area contributed by atoms with Gasteiger partial charge in [-0.25, -0.2) is 0 Å². The smallest absolute Gasteiger partial charge is 0.197 e. The van der Waals surface area contributed by atoms with Gasteiger partial charge in [-0.1, -0.05) is 66.7 Å². The van der Waals surface area contributed by atoms with Crippen molar-refractivity contribution in [1.82, 2.24) is 4.90 Å². The van der Waals surface area contributed by atoms with Gasteiger partial charge in [-0.3, -0.25) is 9.59 Å². The maximum Gasteiger partial charge on any atom is 0.197 e. The molecule has 0 atom stereocenters. The minimum Gasteiger partial charge on any atom is -0.365 e. The molecule has 1 aromatic heterocycles. The summed E-state index contributed by atoms with van der Waals surface area (Å²) in [6, 6.07) is 20.2. The third kappa shape index (κ3) is 2.74. The molecule has 158 valence electrons. The van der Waals surface area contributed by atoms with Crippen molar-refractivity contribution in [3.8, 4) is 0 Å². The van der Waals surface area contributed by atoms with E-state index in [0.717, 1.165) is 25.1 Å². The molecule has 3 aromatic carbocycles. The van der Waals surface area contributed by atoms with Gasteiger partial charge in [0.15, 0.2) is 11.6 Å². The molecule has 0 saturated carbocycles. The highest BCUT2D eigenvalue weighted by molar-refractivity contribution is 7.20. The molecule has 0 fully saturated rings. The Hall–Kier alpha value is -3.76. The first-order valence-electron chi connectivity index (χ1n) is 11.1. The molecule has 0 unspecified atom stereocenters. The minimum atomic E-state index is -0.160. The van der Waals surface area contributed by atoms with E-state index in [0.29, 0.717) is 11.1 Å². The average molecular weight is 446 g/mol. The average Bonchev–Trinajstić information content (AvgIpc) is 3.59. The zero-order valence-corrected chi connectivity index (χ0v) is 18.6. The van der Waals surface area contributed by atoms with E-state index in [9.17, 15) is 9.59 Å². The van der Waals surface area contributed by atoms with Crippen LogP contribution in [0.5, 0.6) is 0 Å². The molecular weight excluding hydrogens is 426 g/mol. The molecule has 2 aliphatic carbocycles. The number of thiophene rings is 1. The van der Waals surface area contributed by atoms with E-state index in [1.165, 1.54) is 37.0 Å². The monoisotopic (exact) mass is 445 g/mol. The quantitative estimate of drug-likeness (QED) is 0.258. The first-order valence-corrected chi connectivity index (χ1v) is 12.0. The summed E-state index contributed by atoms with van der Waals surface area (Å²) in [6.07, 6.45) is 6.72. The second-order valence-corrected chi connectivity index (χ2v) is 9.97. The summed E-state index contributed by atoms with van der Waals surface area (Å²) in [7, 11) is 0. The molecule has 0 radical (unpaired) electrons. The standard InChI is InChI=1S/C29H19NO2S/c31-27-21-7-3-4-8-22(21)28(32)24(27)14-17-9-11-19(13-17)30-15-25-23-12-10-18-5-1-2-6-20(18)29(23)33-26(25)16-30/h1-12,14H,13,15-16H2. The van der Waals surface area contributed by atoms with Crippen LogP contribution in [0.15, 0.2) is 95.7 Å². The van der Waals surface area contributed by atoms with Gasteiger partial charge in [0.25, 0.3) is 0 Å². The Kier molecular flexibility index (Phi) is 3.91. The molecule has 4 aromatic rings. The Morgan fingerprint density at radius 1 is 0.788 bits per heavy atom. The Morgan fingerprint density at radius 2 is 1.55 bits per heavy atom. The van der Waals surface area contributed by atoms with E-state index in [4.69, 9.17) is 0 Å². The van der Waals surface area contributed by atoms with Crippen molar-refractivity contribution in [3.05, 3.63) is 117 Å². The highest BCUT2D eigenvalue weighted by Gasteiger charge is 2.33. The van der Waals surface area contributed by atoms with Gasteiger partial charge >= 0.3 is 0 Å². The van der Waals surface area contributed by atoms with Gasteiger partial charge in [-0.05, 0) is 39.4 Å². The van der Waals surface area contributed by atoms with Crippen molar-refractivity contribution in [1.29, 1.82) is 0 Å². The van der Waals surface area contributed by atoms with Crippen LogP contribution < -0.4 is 0 Å². The van der Waals surface area contributed by atoms with E-state index in [1.54, 1.807) is 30.3 Å². The zero-order chi connectivity index (χ0) is 22.1. The van der Waals surface area contributed by atoms with Gasteiger partial charge in [0.1, 0.15) is 0 Å². The van der Waals surface area contributed by atoms with Gasteiger partial charge in [-0.2, -0.15) is 0 Å². The summed E-state index contributed by atoms with van der Waals surface area (Å²) in [5, 5.41) is 3.99. The van der Waals surface area contributed by atoms with Crippen LogP contribution in [-0.2, 0) is 13.1 Å². The number of rotatable bonds is 2. The van der Waals surface area contributed by atoms with E-state index in [1.807, 2.05) is 17.4 Å². The van der Waals surface area contributed by atoms with Crippen molar-refractivity contribution < 1.29 is 9.59 Å². The number of allylic oxidation sites excluding steroid dienone is 5. The lowest BCUT2D eigenvalue weighted by Crippen LogP contribution is -2.15. The largest absolute Gasteiger partial charge is 0.365 e. The molecule has 0 N–H and O–H groups in total. The Balaban J connectivity index is 1.12. The molecule has 2 heterocycles. The summed E-state index contributed by atoms with van der Waals surface area (Å²) in [4.78, 5) is 29.3. The van der Waals surface area contributed by atoms with Gasteiger partial charge in [0, 0.05) is 39.4 Å². The number of benzene rings is 3. The van der Waals surface area contributed by atoms with E-state index in [-0.39, 0.29) is 17.1 Å². The van der Waals surface area contributed by atoms with Crippen LogP contribution >= 0.6 is 11.3 Å². The third-order valence-electron chi connectivity index (χ3n) is 6.97. The number of Topliss-reactive ketones (excluding diaryl/α,β-unsaturated/α-hetero) is 2. The normalized spacial score (nSPS) is 17.1. The maximum atomic E-state index is 12.7. The number of ketones is 2. The lowest BCUT2D eigenvalue weighted by molar-refractivity contribution is 0.0988. The lowest BCUT2D eigenvalue weighted by atomic mass is 10.1. The van der Waals surface area contributed by atoms with Crippen LogP contribution in [0.1, 0.15) is 37.6 Å². The first-order chi connectivity index (χ1) is 16.2. The van der Waals surface area contributed by atoms with Gasteiger partial charge in [0.2, 0.25) is 0 Å². The second-order valence-electron chi connectivity index (χ2n) is 8.86. The Labute approximate surface area is 195 Å². The minimum absolute atomic E-state index is 0.160. The second kappa shape index (κ2) is 6.87. The fraction of sp³-hybridized carbons (Fsp3) is 0.103. The van der Waals surface area contributed by atoms with E-state index in [2.05, 4.69) is 47.4 Å². The van der Waals surface area contributed by atoms with Crippen molar-refractivity contribution in [3.63, 3.8) is 0 Å². The molecule has 1 aliphatic heterocycles. The number of carbonyl (C=O) groups excluding carboxylic acids is 2. The lowest BCUT2D eigenvalue weighted by Gasteiger charge is -2.20. The SMILES string of the molecule is O=C1C(=CC2=CC=C(N3Cc4sc5c(ccc6ccccc65)c4C3)C2)C(=O)c2ccccc21. The fourth-order valence-corrected chi connectivity index (χ4v) is 6.65. The number of nitrogens with zero attached hydrogens (tertiary/aromatic N) is 1. The fourth-order valence-electron chi connectivity index (χ4n) is 5.29. The predicted octanol–water partition coefficient (Wildman–Crippen LogP) is 6.59. The number of fused-ring (bicyclic) bond motifs is 6. The molecule has 7 rings (SSSR count). The molecular formula is C29H19NO2S. The van der Waals surface area contributed by atoms with Gasteiger partial charge < -0.3 is 4.90 Å². The first kappa shape index (κ1) is 18.8. The van der Waals surface area contributed by atoms with Crippen molar-refractivity contribution >= 4 is 43.8 Å². The predicted molar refractivity (Wildman–Crippen MR) is 133 cm³/mol. The van der Waals surface area contributed by atoms with Gasteiger partial charge in [-0.15, -0.1) is 11.3 Å². The molecule has 3 nitrogen and oxygen atoms in total. The summed E-state index contributed by atoms with van der Waals surface area (Å²) < 4.78 is 1.39. The van der Waals surface area contributed by atoms with Crippen molar-refractivity contribution in [2.45, 2.75) is 19.5 Å². The third-order valence-corrected chi connectivity index (χ3v) is 8.23.